The van der Waals surface area contributed by atoms with Gasteiger partial charge in [0.15, 0.2) is 0 Å². The molecule has 3 aromatic rings. The van der Waals surface area contributed by atoms with Crippen molar-refractivity contribution in [3.05, 3.63) is 65.6 Å². The van der Waals surface area contributed by atoms with Gasteiger partial charge >= 0.3 is 0 Å². The van der Waals surface area contributed by atoms with Crippen LogP contribution in [-0.4, -0.2) is 36.1 Å². The second kappa shape index (κ2) is 6.58. The van der Waals surface area contributed by atoms with Crippen LogP contribution in [0.3, 0.4) is 0 Å². The number of H-pyrrole nitrogens is 1. The van der Waals surface area contributed by atoms with Crippen molar-refractivity contribution < 1.29 is 4.39 Å². The molecular weight excluding hydrogens is 314 g/mol. The lowest BCUT2D eigenvalue weighted by molar-refractivity contribution is 0.247. The number of piperazine rings is 1. The summed E-state index contributed by atoms with van der Waals surface area (Å²) in [6.45, 7) is 4.68. The van der Waals surface area contributed by atoms with Crippen molar-refractivity contribution in [1.82, 2.24) is 9.88 Å². The van der Waals surface area contributed by atoms with E-state index in [0.717, 1.165) is 49.3 Å². The maximum atomic E-state index is 13.0. The van der Waals surface area contributed by atoms with Crippen molar-refractivity contribution in [3.8, 4) is 6.07 Å². The van der Waals surface area contributed by atoms with Crippen molar-refractivity contribution >= 4 is 16.6 Å². The molecule has 0 radical (unpaired) electrons. The summed E-state index contributed by atoms with van der Waals surface area (Å²) >= 11 is 0. The third kappa shape index (κ3) is 3.35. The first-order valence-corrected chi connectivity index (χ1v) is 8.46. The molecule has 2 aromatic carbocycles. The molecule has 2 heterocycles. The summed E-state index contributed by atoms with van der Waals surface area (Å²) in [7, 11) is 0. The minimum atomic E-state index is -0.194. The minimum Gasteiger partial charge on any atom is -0.369 e. The van der Waals surface area contributed by atoms with Crippen LogP contribution in [0.2, 0.25) is 0 Å². The quantitative estimate of drug-likeness (QED) is 0.798. The third-order valence-electron chi connectivity index (χ3n) is 4.76. The lowest BCUT2D eigenvalue weighted by atomic mass is 10.2. The molecule has 5 heteroatoms. The molecule has 0 spiro atoms. The number of nitriles is 1. The fraction of sp³-hybridized carbons (Fsp3) is 0.250. The van der Waals surface area contributed by atoms with Gasteiger partial charge in [-0.25, -0.2) is 4.39 Å². The first kappa shape index (κ1) is 15.7. The SMILES string of the molecule is N#Cc1ccc2[nH]c(CN3CCN(c4ccc([18F])cc4)CC3)cc2c1. The van der Waals surface area contributed by atoms with Gasteiger partial charge in [0.1, 0.15) is 5.82 Å². The predicted molar refractivity (Wildman–Crippen MR) is 96.9 cm³/mol. The fourth-order valence-corrected chi connectivity index (χ4v) is 3.40. The van der Waals surface area contributed by atoms with E-state index in [-0.39, 0.29) is 5.82 Å². The van der Waals surface area contributed by atoms with E-state index in [4.69, 9.17) is 5.26 Å². The van der Waals surface area contributed by atoms with Gasteiger partial charge < -0.3 is 9.88 Å². The molecule has 4 rings (SSSR count). The number of nitrogens with zero attached hydrogens (tertiary/aromatic N) is 3. The zero-order chi connectivity index (χ0) is 17.2. The Morgan fingerprint density at radius 1 is 1.00 bits per heavy atom. The van der Waals surface area contributed by atoms with Gasteiger partial charge in [0, 0.05) is 55.0 Å². The number of anilines is 1. The second-order valence-corrected chi connectivity index (χ2v) is 6.45. The molecule has 4 nitrogen and oxygen atoms in total. The van der Waals surface area contributed by atoms with Crippen molar-refractivity contribution in [2.45, 2.75) is 6.54 Å². The molecule has 0 saturated carbocycles. The number of aromatic amines is 1. The van der Waals surface area contributed by atoms with E-state index >= 15 is 0 Å². The molecule has 1 aliphatic heterocycles. The minimum absolute atomic E-state index is 0.194. The van der Waals surface area contributed by atoms with E-state index in [1.54, 1.807) is 0 Å². The smallest absolute Gasteiger partial charge is 0.123 e. The highest BCUT2D eigenvalue weighted by Gasteiger charge is 2.18. The van der Waals surface area contributed by atoms with Gasteiger partial charge in [-0.3, -0.25) is 4.90 Å². The molecular formula is C20H19FN4. The van der Waals surface area contributed by atoms with Gasteiger partial charge in [0.2, 0.25) is 0 Å². The molecule has 0 aliphatic carbocycles. The van der Waals surface area contributed by atoms with Crippen LogP contribution in [0.5, 0.6) is 0 Å². The van der Waals surface area contributed by atoms with Gasteiger partial charge in [-0.1, -0.05) is 0 Å². The number of rotatable bonds is 3. The lowest BCUT2D eigenvalue weighted by Crippen LogP contribution is -2.46. The van der Waals surface area contributed by atoms with Crippen LogP contribution in [0.4, 0.5) is 10.1 Å². The van der Waals surface area contributed by atoms with E-state index in [0.29, 0.717) is 5.56 Å². The number of halogens is 1. The molecule has 0 bridgehead atoms. The predicted octanol–water partition coefficient (Wildman–Crippen LogP) is 3.50. The van der Waals surface area contributed by atoms with Crippen molar-refractivity contribution in [2.75, 3.05) is 31.1 Å². The van der Waals surface area contributed by atoms with Crippen molar-refractivity contribution in [1.29, 1.82) is 5.26 Å². The number of benzene rings is 2. The molecule has 1 saturated heterocycles. The van der Waals surface area contributed by atoms with E-state index < -0.39 is 0 Å². The van der Waals surface area contributed by atoms with Gasteiger partial charge in [-0.05, 0) is 48.5 Å². The zero-order valence-electron chi connectivity index (χ0n) is 13.9. The van der Waals surface area contributed by atoms with Gasteiger partial charge in [-0.15, -0.1) is 0 Å². The van der Waals surface area contributed by atoms with Crippen molar-refractivity contribution in [2.24, 2.45) is 0 Å². The molecule has 25 heavy (non-hydrogen) atoms. The molecule has 1 aliphatic rings. The maximum Gasteiger partial charge on any atom is 0.123 e. The van der Waals surface area contributed by atoms with Crippen LogP contribution < -0.4 is 4.90 Å². The van der Waals surface area contributed by atoms with Crippen LogP contribution in [0.1, 0.15) is 11.3 Å². The summed E-state index contributed by atoms with van der Waals surface area (Å²) in [5, 5.41) is 10.1. The average molecular weight is 333 g/mol. The number of nitrogens with one attached hydrogen (secondary N) is 1. The summed E-state index contributed by atoms with van der Waals surface area (Å²) in [5.74, 6) is -0.194. The fourth-order valence-electron chi connectivity index (χ4n) is 3.40. The standard InChI is InChI=1S/C20H19FN4/c21-17-2-4-19(5-3-17)25-9-7-24(8-10-25)14-18-12-16-11-15(13-22)1-6-20(16)23-18/h1-6,11-12,23H,7-10,14H2/i21-1. The highest BCUT2D eigenvalue weighted by molar-refractivity contribution is 5.81. The second-order valence-electron chi connectivity index (χ2n) is 6.45. The summed E-state index contributed by atoms with van der Waals surface area (Å²) < 4.78 is 13.0. The van der Waals surface area contributed by atoms with E-state index in [9.17, 15) is 4.39 Å². The molecule has 126 valence electrons. The van der Waals surface area contributed by atoms with Crippen LogP contribution >= 0.6 is 0 Å². The molecule has 0 atom stereocenters. The zero-order valence-corrected chi connectivity index (χ0v) is 13.9. The van der Waals surface area contributed by atoms with E-state index in [1.165, 1.54) is 17.8 Å². The Balaban J connectivity index is 1.40. The molecule has 1 aromatic heterocycles. The third-order valence-corrected chi connectivity index (χ3v) is 4.76. The normalized spacial score (nSPS) is 15.4. The highest BCUT2D eigenvalue weighted by Crippen LogP contribution is 2.20. The first-order valence-electron chi connectivity index (χ1n) is 8.46. The van der Waals surface area contributed by atoms with Crippen molar-refractivity contribution in [3.63, 3.8) is 0 Å². The Bertz CT molecular complexity index is 915. The van der Waals surface area contributed by atoms with E-state index in [1.807, 2.05) is 30.3 Å². The van der Waals surface area contributed by atoms with Crippen LogP contribution in [0.15, 0.2) is 48.5 Å². The van der Waals surface area contributed by atoms with Gasteiger partial charge in [-0.2, -0.15) is 5.26 Å². The molecule has 0 unspecified atom stereocenters. The number of aromatic nitrogens is 1. The van der Waals surface area contributed by atoms with Crippen LogP contribution in [0.25, 0.3) is 10.9 Å². The average Bonchev–Trinajstić information content (AvgIpc) is 3.04. The Kier molecular flexibility index (Phi) is 4.12. The van der Waals surface area contributed by atoms with Crippen LogP contribution in [0, 0.1) is 17.1 Å². The number of hydrogen-bond donors (Lipinski definition) is 1. The Hall–Kier alpha value is -2.84. The Morgan fingerprint density at radius 3 is 2.48 bits per heavy atom. The summed E-state index contributed by atoms with van der Waals surface area (Å²) in [6.07, 6.45) is 0. The van der Waals surface area contributed by atoms with Crippen LogP contribution in [-0.2, 0) is 6.54 Å². The topological polar surface area (TPSA) is 46.1 Å². The largest absolute Gasteiger partial charge is 0.369 e. The highest BCUT2D eigenvalue weighted by atomic mass is 18.2. The Labute approximate surface area is 146 Å². The summed E-state index contributed by atoms with van der Waals surface area (Å²) in [6, 6.07) is 16.7. The lowest BCUT2D eigenvalue weighted by Gasteiger charge is -2.35. The summed E-state index contributed by atoms with van der Waals surface area (Å²) in [4.78, 5) is 8.14. The monoisotopic (exact) mass is 333 g/mol. The van der Waals surface area contributed by atoms with E-state index in [2.05, 4.69) is 26.9 Å². The Morgan fingerprint density at radius 2 is 1.76 bits per heavy atom. The number of hydrogen-bond acceptors (Lipinski definition) is 3. The van der Waals surface area contributed by atoms with Gasteiger partial charge in [0.25, 0.3) is 0 Å². The molecule has 1 N–H and O–H groups in total. The summed E-state index contributed by atoms with van der Waals surface area (Å²) in [5.41, 5.74) is 4.00. The first-order chi connectivity index (χ1) is 12.2. The van der Waals surface area contributed by atoms with Gasteiger partial charge in [0.05, 0.1) is 11.6 Å². The molecule has 1 fully saturated rings. The maximum absolute atomic E-state index is 13.0. The molecule has 0 amide bonds. The number of fused-ring (bicyclic) bond motifs is 1.